The minimum Gasteiger partial charge on any atom is -0.464 e. The monoisotopic (exact) mass is 314 g/mol. The van der Waals surface area contributed by atoms with E-state index in [1.54, 1.807) is 23.7 Å². The van der Waals surface area contributed by atoms with E-state index in [-0.39, 0.29) is 5.91 Å². The lowest BCUT2D eigenvalue weighted by molar-refractivity contribution is 0.0942. The van der Waals surface area contributed by atoms with E-state index in [1.165, 1.54) is 0 Å². The van der Waals surface area contributed by atoms with Crippen molar-refractivity contribution < 1.29 is 13.7 Å². The van der Waals surface area contributed by atoms with Crippen molar-refractivity contribution in [3.05, 3.63) is 52.2 Å². The van der Waals surface area contributed by atoms with Gasteiger partial charge in [-0.15, -0.1) is 11.3 Å². The summed E-state index contributed by atoms with van der Waals surface area (Å²) in [6.45, 7) is 0.468. The molecule has 4 rings (SSSR count). The van der Waals surface area contributed by atoms with Crippen LogP contribution in [0.1, 0.15) is 39.9 Å². The van der Waals surface area contributed by atoms with Crippen LogP contribution in [0.5, 0.6) is 0 Å². The van der Waals surface area contributed by atoms with Crippen molar-refractivity contribution in [2.45, 2.75) is 25.3 Å². The number of furan rings is 1. The Bertz CT molecular complexity index is 784. The summed E-state index contributed by atoms with van der Waals surface area (Å²) >= 11 is 1.59. The molecular formula is C16H14N2O3S. The molecule has 0 radical (unpaired) electrons. The van der Waals surface area contributed by atoms with Crippen molar-refractivity contribution in [1.82, 2.24) is 10.5 Å². The Hall–Kier alpha value is -2.34. The predicted molar refractivity (Wildman–Crippen MR) is 81.7 cm³/mol. The van der Waals surface area contributed by atoms with Gasteiger partial charge >= 0.3 is 0 Å². The number of hydrogen-bond acceptors (Lipinski definition) is 5. The molecule has 1 amide bonds. The molecule has 1 aliphatic rings. The van der Waals surface area contributed by atoms with Crippen molar-refractivity contribution in [2.75, 3.05) is 0 Å². The molecule has 0 bridgehead atoms. The highest BCUT2D eigenvalue weighted by Crippen LogP contribution is 2.40. The highest BCUT2D eigenvalue weighted by atomic mass is 32.1. The first-order valence-electron chi connectivity index (χ1n) is 7.16. The fourth-order valence-corrected chi connectivity index (χ4v) is 3.07. The molecule has 0 saturated heterocycles. The maximum Gasteiger partial charge on any atom is 0.273 e. The molecule has 3 aromatic rings. The van der Waals surface area contributed by atoms with Gasteiger partial charge < -0.3 is 14.3 Å². The number of carbonyl (C=O) groups is 1. The first kappa shape index (κ1) is 13.3. The molecule has 1 aliphatic carbocycles. The molecule has 3 heterocycles. The molecule has 1 saturated carbocycles. The second-order valence-corrected chi connectivity index (χ2v) is 6.35. The topological polar surface area (TPSA) is 68.3 Å². The minimum atomic E-state index is -0.205. The molecule has 0 aromatic carbocycles. The zero-order chi connectivity index (χ0) is 14.9. The van der Waals surface area contributed by atoms with Crippen LogP contribution in [0.25, 0.3) is 11.3 Å². The molecule has 0 atom stereocenters. The number of aromatic nitrogens is 1. The number of nitrogens with one attached hydrogen (secondary N) is 1. The molecule has 0 spiro atoms. The van der Waals surface area contributed by atoms with Crippen molar-refractivity contribution in [3.63, 3.8) is 0 Å². The van der Waals surface area contributed by atoms with Gasteiger partial charge in [-0.2, -0.15) is 0 Å². The predicted octanol–water partition coefficient (Wildman–Crippen LogP) is 3.80. The van der Waals surface area contributed by atoms with Crippen LogP contribution in [0.2, 0.25) is 0 Å². The molecule has 0 unspecified atom stereocenters. The summed E-state index contributed by atoms with van der Waals surface area (Å²) in [7, 11) is 0. The number of thiophene rings is 1. The Labute approximate surface area is 130 Å². The van der Waals surface area contributed by atoms with Crippen LogP contribution < -0.4 is 5.32 Å². The lowest BCUT2D eigenvalue weighted by atomic mass is 10.2. The zero-order valence-corrected chi connectivity index (χ0v) is 12.6. The van der Waals surface area contributed by atoms with Crippen LogP contribution in [0, 0.1) is 0 Å². The fourth-order valence-electron chi connectivity index (χ4n) is 2.26. The Balaban J connectivity index is 1.38. The van der Waals surface area contributed by atoms with Gasteiger partial charge in [0.2, 0.25) is 0 Å². The van der Waals surface area contributed by atoms with Gasteiger partial charge in [0.15, 0.2) is 5.69 Å². The number of amides is 1. The molecule has 1 fully saturated rings. The molecular weight excluding hydrogens is 300 g/mol. The van der Waals surface area contributed by atoms with E-state index in [0.717, 1.165) is 34.8 Å². The average molecular weight is 314 g/mol. The van der Waals surface area contributed by atoms with Gasteiger partial charge in [-0.05, 0) is 31.0 Å². The van der Waals surface area contributed by atoms with E-state index in [4.69, 9.17) is 8.94 Å². The zero-order valence-electron chi connectivity index (χ0n) is 11.7. The number of carbonyl (C=O) groups excluding carboxylic acids is 1. The van der Waals surface area contributed by atoms with Crippen molar-refractivity contribution in [3.8, 4) is 11.3 Å². The largest absolute Gasteiger partial charge is 0.464 e. The van der Waals surface area contributed by atoms with Crippen molar-refractivity contribution in [1.29, 1.82) is 0 Å². The fraction of sp³-hybridized carbons (Fsp3) is 0.250. The average Bonchev–Trinajstić information content (AvgIpc) is 3.02. The van der Waals surface area contributed by atoms with Crippen molar-refractivity contribution in [2.24, 2.45) is 0 Å². The summed E-state index contributed by atoms with van der Waals surface area (Å²) in [5.41, 5.74) is 1.38. The summed E-state index contributed by atoms with van der Waals surface area (Å²) in [4.78, 5) is 13.1. The third-order valence-corrected chi connectivity index (χ3v) is 4.56. The summed E-state index contributed by atoms with van der Waals surface area (Å²) in [5.74, 6) is 1.91. The maximum absolute atomic E-state index is 12.1. The SMILES string of the molecule is O=C(NCc1cc(-c2ccco2)cs1)c1cc(C2CC2)on1. The Morgan fingerprint density at radius 2 is 2.32 bits per heavy atom. The van der Waals surface area contributed by atoms with Gasteiger partial charge in [0.05, 0.1) is 12.8 Å². The van der Waals surface area contributed by atoms with Gasteiger partial charge in [-0.25, -0.2) is 0 Å². The van der Waals surface area contributed by atoms with Crippen molar-refractivity contribution >= 4 is 17.2 Å². The molecule has 3 aromatic heterocycles. The first-order chi connectivity index (χ1) is 10.8. The van der Waals surface area contributed by atoms with Crippen LogP contribution in [-0.4, -0.2) is 11.1 Å². The normalized spacial score (nSPS) is 14.2. The third kappa shape index (κ3) is 2.69. The van der Waals surface area contributed by atoms with Crippen LogP contribution in [0.15, 0.2) is 44.8 Å². The summed E-state index contributed by atoms with van der Waals surface area (Å²) in [5, 5.41) is 8.72. The van der Waals surface area contributed by atoms with E-state index in [9.17, 15) is 4.79 Å². The smallest absolute Gasteiger partial charge is 0.273 e. The van der Waals surface area contributed by atoms with Gasteiger partial charge in [-0.3, -0.25) is 4.79 Å². The molecule has 112 valence electrons. The van der Waals surface area contributed by atoms with Crippen LogP contribution in [0.3, 0.4) is 0 Å². The maximum atomic E-state index is 12.1. The van der Waals surface area contributed by atoms with E-state index in [2.05, 4.69) is 10.5 Å². The Morgan fingerprint density at radius 3 is 3.09 bits per heavy atom. The van der Waals surface area contributed by atoms with Crippen LogP contribution >= 0.6 is 11.3 Å². The summed E-state index contributed by atoms with van der Waals surface area (Å²) in [6.07, 6.45) is 3.90. The van der Waals surface area contributed by atoms with Crippen LogP contribution in [-0.2, 0) is 6.54 Å². The minimum absolute atomic E-state index is 0.205. The lowest BCUT2D eigenvalue weighted by Crippen LogP contribution is -2.22. The van der Waals surface area contributed by atoms with E-state index in [1.807, 2.05) is 23.6 Å². The van der Waals surface area contributed by atoms with Gasteiger partial charge in [0.25, 0.3) is 5.91 Å². The Morgan fingerprint density at radius 1 is 1.41 bits per heavy atom. The highest BCUT2D eigenvalue weighted by Gasteiger charge is 2.28. The molecule has 22 heavy (non-hydrogen) atoms. The molecule has 5 nitrogen and oxygen atoms in total. The quantitative estimate of drug-likeness (QED) is 0.777. The summed E-state index contributed by atoms with van der Waals surface area (Å²) in [6, 6.07) is 7.54. The standard InChI is InChI=1S/C16H14N2O3S/c19-16(13-7-15(21-18-13)10-3-4-10)17-8-12-6-11(9-22-12)14-2-1-5-20-14/h1-2,5-7,9-10H,3-4,8H2,(H,17,19). The lowest BCUT2D eigenvalue weighted by Gasteiger charge is -1.99. The van der Waals surface area contributed by atoms with E-state index in [0.29, 0.717) is 18.2 Å². The third-order valence-electron chi connectivity index (χ3n) is 3.62. The van der Waals surface area contributed by atoms with Gasteiger partial charge in [0.1, 0.15) is 11.5 Å². The van der Waals surface area contributed by atoms with Crippen LogP contribution in [0.4, 0.5) is 0 Å². The number of hydrogen-bond donors (Lipinski definition) is 1. The number of nitrogens with zero attached hydrogens (tertiary/aromatic N) is 1. The Kier molecular flexibility index (Phi) is 3.31. The highest BCUT2D eigenvalue weighted by molar-refractivity contribution is 7.10. The summed E-state index contributed by atoms with van der Waals surface area (Å²) < 4.78 is 10.5. The van der Waals surface area contributed by atoms with E-state index >= 15 is 0 Å². The first-order valence-corrected chi connectivity index (χ1v) is 8.03. The second kappa shape index (κ2) is 5.46. The second-order valence-electron chi connectivity index (χ2n) is 5.35. The molecule has 0 aliphatic heterocycles. The number of rotatable bonds is 5. The molecule has 1 N–H and O–H groups in total. The van der Waals surface area contributed by atoms with Gasteiger partial charge in [-0.1, -0.05) is 5.16 Å². The van der Waals surface area contributed by atoms with Gasteiger partial charge in [0, 0.05) is 27.8 Å². The van der Waals surface area contributed by atoms with E-state index < -0.39 is 0 Å². The molecule has 6 heteroatoms.